The minimum atomic E-state index is 0.353. The Kier molecular flexibility index (Phi) is 4.20. The van der Waals surface area contributed by atoms with Crippen molar-refractivity contribution in [1.29, 1.82) is 0 Å². The molecule has 0 unspecified atom stereocenters. The molecule has 0 aromatic heterocycles. The molecule has 3 rings (SSSR count). The van der Waals surface area contributed by atoms with E-state index in [1.807, 2.05) is 18.2 Å². The van der Waals surface area contributed by atoms with Gasteiger partial charge in [-0.2, -0.15) is 0 Å². The molecule has 1 aliphatic heterocycles. The fraction of sp³-hybridized carbons (Fsp3) is 0.625. The second kappa shape index (κ2) is 5.92. The Morgan fingerprint density at radius 3 is 2.90 bits per heavy atom. The number of nitrogens with one attached hydrogen (secondary N) is 1. The van der Waals surface area contributed by atoms with E-state index in [-0.39, 0.29) is 0 Å². The average Bonchev–Trinajstić information content (AvgIpc) is 2.91. The number of hydrogen-bond acceptors (Lipinski definition) is 3. The van der Waals surface area contributed by atoms with Crippen molar-refractivity contribution >= 4 is 11.6 Å². The monoisotopic (exact) mass is 294 g/mol. The Bertz CT molecular complexity index is 472. The van der Waals surface area contributed by atoms with Gasteiger partial charge in [0.1, 0.15) is 5.75 Å². The fourth-order valence-corrected chi connectivity index (χ4v) is 3.93. The van der Waals surface area contributed by atoms with E-state index < -0.39 is 0 Å². The summed E-state index contributed by atoms with van der Waals surface area (Å²) in [6.07, 6.45) is 5.32. The fourth-order valence-electron chi connectivity index (χ4n) is 3.73. The second-order valence-electron chi connectivity index (χ2n) is 5.99. The number of halogens is 1. The van der Waals surface area contributed by atoms with Crippen LogP contribution in [0.2, 0.25) is 5.02 Å². The third-order valence-electron chi connectivity index (χ3n) is 4.82. The van der Waals surface area contributed by atoms with Crippen LogP contribution in [0.4, 0.5) is 0 Å². The molecule has 20 heavy (non-hydrogen) atoms. The van der Waals surface area contributed by atoms with Gasteiger partial charge in [-0.25, -0.2) is 0 Å². The quantitative estimate of drug-likeness (QED) is 0.927. The predicted octanol–water partition coefficient (Wildman–Crippen LogP) is 3.07. The maximum atomic E-state index is 6.16. The van der Waals surface area contributed by atoms with E-state index >= 15 is 0 Å². The number of hydrogen-bond donors (Lipinski definition) is 1. The van der Waals surface area contributed by atoms with Gasteiger partial charge in [-0.15, -0.1) is 0 Å². The Balaban J connectivity index is 1.83. The van der Waals surface area contributed by atoms with E-state index in [4.69, 9.17) is 16.3 Å². The van der Waals surface area contributed by atoms with Crippen LogP contribution >= 0.6 is 11.6 Å². The van der Waals surface area contributed by atoms with Crippen LogP contribution in [0.1, 0.15) is 31.2 Å². The number of methoxy groups -OCH3 is 1. The standard InChI is InChI=1S/C16H23ClN2O/c1-20-15-5-4-14(17)10-13(15)11-19-9-8-18-12-16(19)6-2-3-7-16/h4-5,10,18H,2-3,6-9,11-12H2,1H3. The van der Waals surface area contributed by atoms with Gasteiger partial charge in [-0.3, -0.25) is 4.90 Å². The lowest BCUT2D eigenvalue weighted by Gasteiger charge is -2.45. The summed E-state index contributed by atoms with van der Waals surface area (Å²) in [5.74, 6) is 0.945. The summed E-state index contributed by atoms with van der Waals surface area (Å²) in [5.41, 5.74) is 1.55. The third-order valence-corrected chi connectivity index (χ3v) is 5.06. The van der Waals surface area contributed by atoms with Crippen molar-refractivity contribution in [2.24, 2.45) is 0 Å². The highest BCUT2D eigenvalue weighted by Crippen LogP contribution is 2.38. The molecule has 1 aromatic rings. The van der Waals surface area contributed by atoms with E-state index in [1.165, 1.54) is 31.2 Å². The first kappa shape index (κ1) is 14.2. The lowest BCUT2D eigenvalue weighted by molar-refractivity contribution is 0.0566. The molecule has 2 aliphatic rings. The average molecular weight is 295 g/mol. The predicted molar refractivity (Wildman–Crippen MR) is 82.5 cm³/mol. The second-order valence-corrected chi connectivity index (χ2v) is 6.42. The van der Waals surface area contributed by atoms with Gasteiger partial charge >= 0.3 is 0 Å². The first-order valence-corrected chi connectivity index (χ1v) is 7.89. The highest BCUT2D eigenvalue weighted by atomic mass is 35.5. The van der Waals surface area contributed by atoms with Crippen molar-refractivity contribution in [3.8, 4) is 5.75 Å². The summed E-state index contributed by atoms with van der Waals surface area (Å²) < 4.78 is 5.49. The number of nitrogens with zero attached hydrogens (tertiary/aromatic N) is 1. The highest BCUT2D eigenvalue weighted by molar-refractivity contribution is 6.30. The van der Waals surface area contributed by atoms with Crippen LogP contribution in [-0.2, 0) is 6.54 Å². The van der Waals surface area contributed by atoms with Gasteiger partial charge in [-0.05, 0) is 31.0 Å². The van der Waals surface area contributed by atoms with Gasteiger partial charge in [0.15, 0.2) is 0 Å². The van der Waals surface area contributed by atoms with Crippen LogP contribution < -0.4 is 10.1 Å². The summed E-state index contributed by atoms with van der Waals surface area (Å²) in [4.78, 5) is 2.64. The van der Waals surface area contributed by atoms with Gasteiger partial charge in [0, 0.05) is 42.3 Å². The van der Waals surface area contributed by atoms with Gasteiger partial charge in [0.25, 0.3) is 0 Å². The van der Waals surface area contributed by atoms with Crippen LogP contribution in [0.5, 0.6) is 5.75 Å². The van der Waals surface area contributed by atoms with E-state index in [2.05, 4.69) is 10.2 Å². The van der Waals surface area contributed by atoms with Crippen molar-refractivity contribution in [3.05, 3.63) is 28.8 Å². The molecule has 0 amide bonds. The summed E-state index contributed by atoms with van der Waals surface area (Å²) in [6.45, 7) is 4.24. The number of benzene rings is 1. The first-order chi connectivity index (χ1) is 9.73. The van der Waals surface area contributed by atoms with Gasteiger partial charge in [0.05, 0.1) is 7.11 Å². The Morgan fingerprint density at radius 2 is 2.15 bits per heavy atom. The molecule has 1 spiro atoms. The SMILES string of the molecule is COc1ccc(Cl)cc1CN1CCNCC12CCCC2. The number of ether oxygens (including phenoxy) is 1. The molecular weight excluding hydrogens is 272 g/mol. The topological polar surface area (TPSA) is 24.5 Å². The van der Waals surface area contributed by atoms with Gasteiger partial charge in [-0.1, -0.05) is 24.4 Å². The molecule has 1 heterocycles. The third kappa shape index (κ3) is 2.67. The van der Waals surface area contributed by atoms with Crippen LogP contribution in [0.3, 0.4) is 0 Å². The molecule has 3 nitrogen and oxygen atoms in total. The molecule has 1 N–H and O–H groups in total. The largest absolute Gasteiger partial charge is 0.496 e. The van der Waals surface area contributed by atoms with Crippen molar-refractivity contribution in [2.75, 3.05) is 26.7 Å². The van der Waals surface area contributed by atoms with Crippen LogP contribution in [0.25, 0.3) is 0 Å². The van der Waals surface area contributed by atoms with E-state index in [0.29, 0.717) is 5.54 Å². The van der Waals surface area contributed by atoms with E-state index in [0.717, 1.165) is 37.0 Å². The Labute approximate surface area is 126 Å². The van der Waals surface area contributed by atoms with Gasteiger partial charge < -0.3 is 10.1 Å². The minimum absolute atomic E-state index is 0.353. The molecular formula is C16H23ClN2O. The number of rotatable bonds is 3. The molecule has 4 heteroatoms. The molecule has 0 radical (unpaired) electrons. The zero-order chi connectivity index (χ0) is 14.0. The minimum Gasteiger partial charge on any atom is -0.496 e. The molecule has 0 atom stereocenters. The Morgan fingerprint density at radius 1 is 1.35 bits per heavy atom. The highest BCUT2D eigenvalue weighted by Gasteiger charge is 2.41. The van der Waals surface area contributed by atoms with Crippen LogP contribution in [0, 0.1) is 0 Å². The van der Waals surface area contributed by atoms with Crippen LogP contribution in [-0.4, -0.2) is 37.2 Å². The lowest BCUT2D eigenvalue weighted by atomic mass is 9.92. The van der Waals surface area contributed by atoms with Gasteiger partial charge in [0.2, 0.25) is 0 Å². The zero-order valence-electron chi connectivity index (χ0n) is 12.1. The maximum Gasteiger partial charge on any atom is 0.123 e. The van der Waals surface area contributed by atoms with Crippen molar-refractivity contribution < 1.29 is 4.74 Å². The molecule has 2 fully saturated rings. The normalized spacial score (nSPS) is 22.3. The zero-order valence-corrected chi connectivity index (χ0v) is 12.9. The van der Waals surface area contributed by atoms with Crippen molar-refractivity contribution in [3.63, 3.8) is 0 Å². The van der Waals surface area contributed by atoms with Crippen molar-refractivity contribution in [2.45, 2.75) is 37.8 Å². The smallest absolute Gasteiger partial charge is 0.123 e. The molecule has 1 aliphatic carbocycles. The summed E-state index contributed by atoms with van der Waals surface area (Å²) in [7, 11) is 1.73. The Hall–Kier alpha value is -0.770. The summed E-state index contributed by atoms with van der Waals surface area (Å²) in [6, 6.07) is 5.92. The lowest BCUT2D eigenvalue weighted by Crippen LogP contribution is -2.59. The maximum absolute atomic E-state index is 6.16. The molecule has 0 bridgehead atoms. The van der Waals surface area contributed by atoms with Crippen molar-refractivity contribution in [1.82, 2.24) is 10.2 Å². The van der Waals surface area contributed by atoms with E-state index in [1.54, 1.807) is 7.11 Å². The number of piperazine rings is 1. The molecule has 110 valence electrons. The molecule has 1 saturated carbocycles. The molecule has 1 aromatic carbocycles. The summed E-state index contributed by atoms with van der Waals surface area (Å²) >= 11 is 6.16. The van der Waals surface area contributed by atoms with E-state index in [9.17, 15) is 0 Å². The molecule has 1 saturated heterocycles. The summed E-state index contributed by atoms with van der Waals surface area (Å²) in [5, 5.41) is 4.36. The first-order valence-electron chi connectivity index (χ1n) is 7.52. The van der Waals surface area contributed by atoms with Crippen LogP contribution in [0.15, 0.2) is 18.2 Å².